The summed E-state index contributed by atoms with van der Waals surface area (Å²) >= 11 is 6.06. The summed E-state index contributed by atoms with van der Waals surface area (Å²) in [7, 11) is 0. The Morgan fingerprint density at radius 2 is 2.33 bits per heavy atom. The standard InChI is InChI=1S/C12H17ClN2/c1-2-8-15(11-5-6-11)9-10-4-3-7-14-12(10)13/h3-4,7,11H,2,5-6,8-9H2,1H3. The normalized spacial score (nSPS) is 15.9. The van der Waals surface area contributed by atoms with Gasteiger partial charge in [0.2, 0.25) is 0 Å². The van der Waals surface area contributed by atoms with Crippen molar-refractivity contribution in [1.29, 1.82) is 0 Å². The molecule has 1 fully saturated rings. The average molecular weight is 225 g/mol. The third kappa shape index (κ3) is 2.93. The minimum absolute atomic E-state index is 0.652. The summed E-state index contributed by atoms with van der Waals surface area (Å²) in [4.78, 5) is 6.63. The molecule has 0 atom stereocenters. The van der Waals surface area contributed by atoms with Gasteiger partial charge >= 0.3 is 0 Å². The van der Waals surface area contributed by atoms with Gasteiger partial charge in [-0.25, -0.2) is 4.98 Å². The molecule has 0 unspecified atom stereocenters. The summed E-state index contributed by atoms with van der Waals surface area (Å²) < 4.78 is 0. The molecule has 1 aromatic heterocycles. The van der Waals surface area contributed by atoms with E-state index in [1.54, 1.807) is 6.20 Å². The van der Waals surface area contributed by atoms with Crippen LogP contribution >= 0.6 is 11.6 Å². The lowest BCUT2D eigenvalue weighted by atomic mass is 10.2. The molecule has 1 aliphatic rings. The monoisotopic (exact) mass is 224 g/mol. The van der Waals surface area contributed by atoms with Crippen molar-refractivity contribution < 1.29 is 0 Å². The van der Waals surface area contributed by atoms with E-state index in [9.17, 15) is 0 Å². The Morgan fingerprint density at radius 3 is 2.93 bits per heavy atom. The maximum atomic E-state index is 6.06. The molecular weight excluding hydrogens is 208 g/mol. The second kappa shape index (κ2) is 4.95. The van der Waals surface area contributed by atoms with Crippen LogP contribution in [0.15, 0.2) is 18.3 Å². The van der Waals surface area contributed by atoms with Crippen LogP contribution in [0.4, 0.5) is 0 Å². The minimum Gasteiger partial charge on any atom is -0.296 e. The summed E-state index contributed by atoms with van der Waals surface area (Å²) in [5, 5.41) is 0.652. The Bertz CT molecular complexity index is 323. The molecule has 0 amide bonds. The van der Waals surface area contributed by atoms with Crippen molar-refractivity contribution in [3.8, 4) is 0 Å². The van der Waals surface area contributed by atoms with Gasteiger partial charge < -0.3 is 0 Å². The van der Waals surface area contributed by atoms with Gasteiger partial charge in [-0.3, -0.25) is 4.90 Å². The predicted octanol–water partition coefficient (Wildman–Crippen LogP) is 3.11. The molecule has 15 heavy (non-hydrogen) atoms. The van der Waals surface area contributed by atoms with Crippen LogP contribution in [0.25, 0.3) is 0 Å². The summed E-state index contributed by atoms with van der Waals surface area (Å²) in [6.07, 6.45) is 5.64. The fourth-order valence-corrected chi connectivity index (χ4v) is 2.05. The molecule has 0 aliphatic heterocycles. The molecule has 0 aromatic carbocycles. The van der Waals surface area contributed by atoms with Crippen molar-refractivity contribution in [2.75, 3.05) is 6.54 Å². The van der Waals surface area contributed by atoms with Gasteiger partial charge in [-0.1, -0.05) is 24.6 Å². The Balaban J connectivity index is 2.02. The highest BCUT2D eigenvalue weighted by Crippen LogP contribution is 2.29. The van der Waals surface area contributed by atoms with Crippen LogP contribution in [0.3, 0.4) is 0 Å². The zero-order valence-electron chi connectivity index (χ0n) is 9.12. The SMILES string of the molecule is CCCN(Cc1cccnc1Cl)C1CC1. The van der Waals surface area contributed by atoms with Crippen molar-refractivity contribution in [2.45, 2.75) is 38.8 Å². The molecular formula is C12H17ClN2. The Morgan fingerprint density at radius 1 is 1.53 bits per heavy atom. The van der Waals surface area contributed by atoms with Gasteiger partial charge in [0.25, 0.3) is 0 Å². The van der Waals surface area contributed by atoms with Crippen molar-refractivity contribution >= 4 is 11.6 Å². The Labute approximate surface area is 96.3 Å². The second-order valence-corrected chi connectivity index (χ2v) is 4.51. The lowest BCUT2D eigenvalue weighted by Gasteiger charge is -2.21. The summed E-state index contributed by atoms with van der Waals surface area (Å²) in [5.41, 5.74) is 1.15. The number of aromatic nitrogens is 1. The van der Waals surface area contributed by atoms with Crippen molar-refractivity contribution in [3.05, 3.63) is 29.0 Å². The second-order valence-electron chi connectivity index (χ2n) is 4.15. The predicted molar refractivity (Wildman–Crippen MR) is 63.0 cm³/mol. The third-order valence-corrected chi connectivity index (χ3v) is 3.12. The van der Waals surface area contributed by atoms with Gasteiger partial charge in [-0.15, -0.1) is 0 Å². The Hall–Kier alpha value is -0.600. The number of halogens is 1. The highest BCUT2D eigenvalue weighted by molar-refractivity contribution is 6.30. The van der Waals surface area contributed by atoms with Gasteiger partial charge in [-0.05, 0) is 31.9 Å². The van der Waals surface area contributed by atoms with Crippen LogP contribution in [0.2, 0.25) is 5.15 Å². The van der Waals surface area contributed by atoms with Crippen LogP contribution in [0.5, 0.6) is 0 Å². The molecule has 1 saturated carbocycles. The van der Waals surface area contributed by atoms with Gasteiger partial charge in [0.1, 0.15) is 5.15 Å². The lowest BCUT2D eigenvalue weighted by Crippen LogP contribution is -2.26. The summed E-state index contributed by atoms with van der Waals surface area (Å²) in [6.45, 7) is 4.33. The molecule has 2 rings (SSSR count). The smallest absolute Gasteiger partial charge is 0.133 e. The van der Waals surface area contributed by atoms with E-state index in [0.717, 1.165) is 24.7 Å². The number of nitrogens with zero attached hydrogens (tertiary/aromatic N) is 2. The van der Waals surface area contributed by atoms with Crippen LogP contribution in [0, 0.1) is 0 Å². The number of hydrogen-bond donors (Lipinski definition) is 0. The molecule has 1 aromatic rings. The number of hydrogen-bond acceptors (Lipinski definition) is 2. The number of rotatable bonds is 5. The Kier molecular flexibility index (Phi) is 3.60. The molecule has 0 radical (unpaired) electrons. The third-order valence-electron chi connectivity index (χ3n) is 2.78. The maximum absolute atomic E-state index is 6.06. The van der Waals surface area contributed by atoms with E-state index in [-0.39, 0.29) is 0 Å². The summed E-state index contributed by atoms with van der Waals surface area (Å²) in [5.74, 6) is 0. The van der Waals surface area contributed by atoms with Crippen LogP contribution in [0.1, 0.15) is 31.7 Å². The highest BCUT2D eigenvalue weighted by atomic mass is 35.5. The fraction of sp³-hybridized carbons (Fsp3) is 0.583. The zero-order valence-corrected chi connectivity index (χ0v) is 9.87. The number of pyridine rings is 1. The molecule has 0 saturated heterocycles. The first-order chi connectivity index (χ1) is 7.31. The average Bonchev–Trinajstić information content (AvgIpc) is 3.04. The first-order valence-electron chi connectivity index (χ1n) is 5.64. The van der Waals surface area contributed by atoms with Gasteiger partial charge in [0.05, 0.1) is 0 Å². The van der Waals surface area contributed by atoms with E-state index in [0.29, 0.717) is 5.15 Å². The molecule has 0 spiro atoms. The minimum atomic E-state index is 0.652. The molecule has 0 bridgehead atoms. The maximum Gasteiger partial charge on any atom is 0.133 e. The van der Waals surface area contributed by atoms with E-state index in [1.807, 2.05) is 6.07 Å². The van der Waals surface area contributed by atoms with Gasteiger partial charge in [0.15, 0.2) is 0 Å². The van der Waals surface area contributed by atoms with Crippen LogP contribution in [-0.2, 0) is 6.54 Å². The van der Waals surface area contributed by atoms with Gasteiger partial charge in [-0.2, -0.15) is 0 Å². The lowest BCUT2D eigenvalue weighted by molar-refractivity contribution is 0.255. The molecule has 1 heterocycles. The molecule has 1 aliphatic carbocycles. The van der Waals surface area contributed by atoms with E-state index < -0.39 is 0 Å². The molecule has 3 heteroatoms. The largest absolute Gasteiger partial charge is 0.296 e. The summed E-state index contributed by atoms with van der Waals surface area (Å²) in [6, 6.07) is 4.82. The first kappa shape index (κ1) is 10.9. The first-order valence-corrected chi connectivity index (χ1v) is 6.02. The molecule has 2 nitrogen and oxygen atoms in total. The highest BCUT2D eigenvalue weighted by Gasteiger charge is 2.28. The van der Waals surface area contributed by atoms with Crippen LogP contribution < -0.4 is 0 Å². The van der Waals surface area contributed by atoms with E-state index in [2.05, 4.69) is 22.9 Å². The van der Waals surface area contributed by atoms with Crippen molar-refractivity contribution in [3.63, 3.8) is 0 Å². The van der Waals surface area contributed by atoms with E-state index >= 15 is 0 Å². The topological polar surface area (TPSA) is 16.1 Å². The van der Waals surface area contributed by atoms with Crippen molar-refractivity contribution in [1.82, 2.24) is 9.88 Å². The van der Waals surface area contributed by atoms with E-state index in [1.165, 1.54) is 19.3 Å². The van der Waals surface area contributed by atoms with Gasteiger partial charge in [0, 0.05) is 24.3 Å². The quantitative estimate of drug-likeness (QED) is 0.715. The van der Waals surface area contributed by atoms with E-state index in [4.69, 9.17) is 11.6 Å². The molecule has 82 valence electrons. The molecule has 0 N–H and O–H groups in total. The van der Waals surface area contributed by atoms with Crippen molar-refractivity contribution in [2.24, 2.45) is 0 Å². The van der Waals surface area contributed by atoms with Crippen LogP contribution in [-0.4, -0.2) is 22.5 Å². The zero-order chi connectivity index (χ0) is 10.7. The fourth-order valence-electron chi connectivity index (χ4n) is 1.87.